The highest BCUT2D eigenvalue weighted by Gasteiger charge is 2.34. The van der Waals surface area contributed by atoms with Gasteiger partial charge in [-0.2, -0.15) is 0 Å². The summed E-state index contributed by atoms with van der Waals surface area (Å²) in [5, 5.41) is 17.9. The van der Waals surface area contributed by atoms with Crippen molar-refractivity contribution in [1.29, 1.82) is 0 Å². The molecule has 0 aliphatic carbocycles. The summed E-state index contributed by atoms with van der Waals surface area (Å²) < 4.78 is 1.74. The number of carbonyl (C=O) groups is 1. The number of amides is 1. The average Bonchev–Trinajstić information content (AvgIpc) is 3.33. The minimum Gasteiger partial charge on any atom is -0.391 e. The Kier molecular flexibility index (Phi) is 4.40. The lowest BCUT2D eigenvalue weighted by Gasteiger charge is -2.16. The SMILES string of the molecule is O=C(c1cccc(-n2cnnc2)c1)N1C[C@@H](Cc2cnccn2)[C@H](O)C1. The maximum atomic E-state index is 12.9. The third-order valence-corrected chi connectivity index (χ3v) is 4.59. The summed E-state index contributed by atoms with van der Waals surface area (Å²) in [5.74, 6) is -0.141. The number of nitrogens with zero attached hydrogens (tertiary/aromatic N) is 6. The minimum absolute atomic E-state index is 0.0447. The van der Waals surface area contributed by atoms with Gasteiger partial charge in [-0.05, 0) is 24.6 Å². The van der Waals surface area contributed by atoms with Crippen LogP contribution in [0.2, 0.25) is 0 Å². The molecule has 1 saturated heterocycles. The topological polar surface area (TPSA) is 97.0 Å². The van der Waals surface area contributed by atoms with Crippen LogP contribution in [-0.2, 0) is 6.42 Å². The maximum absolute atomic E-state index is 12.9. The molecule has 0 saturated carbocycles. The summed E-state index contributed by atoms with van der Waals surface area (Å²) >= 11 is 0. The van der Waals surface area contributed by atoms with Crippen molar-refractivity contribution < 1.29 is 9.90 Å². The molecule has 2 atom stereocenters. The Morgan fingerprint density at radius 1 is 1.19 bits per heavy atom. The second-order valence-corrected chi connectivity index (χ2v) is 6.36. The van der Waals surface area contributed by atoms with Crippen LogP contribution in [0.15, 0.2) is 55.5 Å². The summed E-state index contributed by atoms with van der Waals surface area (Å²) in [5.41, 5.74) is 2.21. The van der Waals surface area contributed by atoms with E-state index in [1.54, 1.807) is 52.8 Å². The first-order valence-corrected chi connectivity index (χ1v) is 8.38. The van der Waals surface area contributed by atoms with Crippen LogP contribution >= 0.6 is 0 Å². The Hall–Kier alpha value is -3.13. The first-order chi connectivity index (χ1) is 12.7. The molecule has 132 valence electrons. The Bertz CT molecular complexity index is 884. The van der Waals surface area contributed by atoms with Crippen LogP contribution in [0.4, 0.5) is 0 Å². The van der Waals surface area contributed by atoms with E-state index < -0.39 is 6.10 Å². The van der Waals surface area contributed by atoms with Crippen molar-refractivity contribution in [3.8, 4) is 5.69 Å². The monoisotopic (exact) mass is 350 g/mol. The van der Waals surface area contributed by atoms with Gasteiger partial charge in [0.1, 0.15) is 12.7 Å². The second kappa shape index (κ2) is 7.01. The first-order valence-electron chi connectivity index (χ1n) is 8.38. The molecule has 1 fully saturated rings. The number of likely N-dealkylation sites (tertiary alicyclic amines) is 1. The number of aliphatic hydroxyl groups is 1. The maximum Gasteiger partial charge on any atom is 0.254 e. The van der Waals surface area contributed by atoms with E-state index in [9.17, 15) is 9.90 Å². The number of β-amino-alcohol motifs (C(OH)–C–C–N with tert-alkyl or cyclic N) is 1. The molecule has 1 amide bonds. The fourth-order valence-electron chi connectivity index (χ4n) is 3.24. The van der Waals surface area contributed by atoms with E-state index in [-0.39, 0.29) is 11.8 Å². The largest absolute Gasteiger partial charge is 0.391 e. The van der Waals surface area contributed by atoms with Crippen LogP contribution in [-0.4, -0.2) is 59.8 Å². The Morgan fingerprint density at radius 2 is 2.04 bits per heavy atom. The molecule has 26 heavy (non-hydrogen) atoms. The number of aliphatic hydroxyl groups excluding tert-OH is 1. The van der Waals surface area contributed by atoms with Crippen LogP contribution in [0.5, 0.6) is 0 Å². The quantitative estimate of drug-likeness (QED) is 0.745. The fourth-order valence-corrected chi connectivity index (χ4v) is 3.24. The van der Waals surface area contributed by atoms with E-state index in [2.05, 4.69) is 20.2 Å². The second-order valence-electron chi connectivity index (χ2n) is 6.36. The van der Waals surface area contributed by atoms with Crippen LogP contribution in [0.3, 0.4) is 0 Å². The summed E-state index contributed by atoms with van der Waals surface area (Å²) in [7, 11) is 0. The summed E-state index contributed by atoms with van der Waals surface area (Å²) in [6.45, 7) is 0.814. The highest BCUT2D eigenvalue weighted by molar-refractivity contribution is 5.95. The molecule has 1 aliphatic rings. The molecule has 1 aliphatic heterocycles. The highest BCUT2D eigenvalue weighted by Crippen LogP contribution is 2.23. The van der Waals surface area contributed by atoms with E-state index in [1.165, 1.54) is 0 Å². The summed E-state index contributed by atoms with van der Waals surface area (Å²) in [6, 6.07) is 7.29. The van der Waals surface area contributed by atoms with Gasteiger partial charge in [-0.15, -0.1) is 10.2 Å². The van der Waals surface area contributed by atoms with E-state index >= 15 is 0 Å². The van der Waals surface area contributed by atoms with E-state index in [4.69, 9.17) is 0 Å². The van der Waals surface area contributed by atoms with Crippen molar-refractivity contribution in [2.45, 2.75) is 12.5 Å². The van der Waals surface area contributed by atoms with Gasteiger partial charge in [0.25, 0.3) is 5.91 Å². The molecule has 4 rings (SSSR count). The van der Waals surface area contributed by atoms with Crippen LogP contribution < -0.4 is 0 Å². The fraction of sp³-hybridized carbons (Fsp3) is 0.278. The molecular weight excluding hydrogens is 332 g/mol. The first kappa shape index (κ1) is 16.3. The molecule has 1 aromatic carbocycles. The zero-order chi connectivity index (χ0) is 17.9. The Labute approximate surface area is 150 Å². The number of hydrogen-bond donors (Lipinski definition) is 1. The van der Waals surface area contributed by atoms with Crippen LogP contribution in [0, 0.1) is 5.92 Å². The van der Waals surface area contributed by atoms with Gasteiger partial charge in [0.2, 0.25) is 0 Å². The number of hydrogen-bond acceptors (Lipinski definition) is 6. The van der Waals surface area contributed by atoms with E-state index in [0.29, 0.717) is 25.1 Å². The van der Waals surface area contributed by atoms with E-state index in [1.807, 2.05) is 12.1 Å². The highest BCUT2D eigenvalue weighted by atomic mass is 16.3. The molecule has 0 bridgehead atoms. The van der Waals surface area contributed by atoms with Crippen molar-refractivity contribution in [3.63, 3.8) is 0 Å². The van der Waals surface area contributed by atoms with Gasteiger partial charge >= 0.3 is 0 Å². The standard InChI is InChI=1S/C18H18N6O2/c25-17-10-23(9-14(17)6-15-8-19-4-5-20-15)18(26)13-2-1-3-16(7-13)24-11-21-22-12-24/h1-5,7-8,11-12,14,17,25H,6,9-10H2/t14-,17-/m1/s1. The zero-order valence-electron chi connectivity index (χ0n) is 14.0. The van der Waals surface area contributed by atoms with Gasteiger partial charge in [-0.25, -0.2) is 0 Å². The number of rotatable bonds is 4. The molecule has 3 aromatic rings. The van der Waals surface area contributed by atoms with Gasteiger partial charge in [0.15, 0.2) is 0 Å². The third kappa shape index (κ3) is 3.31. The lowest BCUT2D eigenvalue weighted by Crippen LogP contribution is -2.29. The van der Waals surface area contributed by atoms with Crippen molar-refractivity contribution in [2.24, 2.45) is 5.92 Å². The number of benzene rings is 1. The molecule has 2 aromatic heterocycles. The molecule has 0 radical (unpaired) electrons. The zero-order valence-corrected chi connectivity index (χ0v) is 14.0. The van der Waals surface area contributed by atoms with Gasteiger partial charge in [0, 0.05) is 48.8 Å². The molecule has 3 heterocycles. The van der Waals surface area contributed by atoms with Crippen molar-refractivity contribution >= 4 is 5.91 Å². The molecule has 8 heteroatoms. The van der Waals surface area contributed by atoms with Crippen molar-refractivity contribution in [2.75, 3.05) is 13.1 Å². The van der Waals surface area contributed by atoms with Gasteiger partial charge in [-0.3, -0.25) is 19.3 Å². The van der Waals surface area contributed by atoms with Crippen molar-refractivity contribution in [1.82, 2.24) is 29.6 Å². The predicted octanol–water partition coefficient (Wildman–Crippen LogP) is 0.733. The van der Waals surface area contributed by atoms with Crippen LogP contribution in [0.1, 0.15) is 16.1 Å². The van der Waals surface area contributed by atoms with Crippen LogP contribution in [0.25, 0.3) is 5.69 Å². The predicted molar refractivity (Wildman–Crippen MR) is 92.5 cm³/mol. The lowest BCUT2D eigenvalue weighted by atomic mass is 10.0. The number of carbonyl (C=O) groups excluding carboxylic acids is 1. The Morgan fingerprint density at radius 3 is 2.81 bits per heavy atom. The molecular formula is C18H18N6O2. The summed E-state index contributed by atoms with van der Waals surface area (Å²) in [4.78, 5) is 22.9. The smallest absolute Gasteiger partial charge is 0.254 e. The molecule has 1 N–H and O–H groups in total. The molecule has 0 spiro atoms. The van der Waals surface area contributed by atoms with Gasteiger partial charge in [-0.1, -0.05) is 6.07 Å². The normalized spacial score (nSPS) is 19.7. The lowest BCUT2D eigenvalue weighted by molar-refractivity contribution is 0.0764. The number of aromatic nitrogens is 5. The molecule has 8 nitrogen and oxygen atoms in total. The third-order valence-electron chi connectivity index (χ3n) is 4.59. The Balaban J connectivity index is 1.48. The van der Waals surface area contributed by atoms with Gasteiger partial charge < -0.3 is 10.0 Å². The van der Waals surface area contributed by atoms with Gasteiger partial charge in [0.05, 0.1) is 11.8 Å². The summed E-state index contributed by atoms with van der Waals surface area (Å²) in [6.07, 6.45) is 8.14. The molecule has 0 unspecified atom stereocenters. The average molecular weight is 350 g/mol. The minimum atomic E-state index is -0.568. The van der Waals surface area contributed by atoms with Crippen molar-refractivity contribution in [3.05, 3.63) is 66.8 Å². The van der Waals surface area contributed by atoms with E-state index in [0.717, 1.165) is 11.4 Å².